The first-order valence-electron chi connectivity index (χ1n) is 5.90. The Balaban J connectivity index is 2.67. The number of carbonyl (C=O) groups excluding carboxylic acids is 1. The molecule has 0 aromatic heterocycles. The van der Waals surface area contributed by atoms with Crippen molar-refractivity contribution in [3.05, 3.63) is 0 Å². The fourth-order valence-corrected chi connectivity index (χ4v) is 2.22. The van der Waals surface area contributed by atoms with Gasteiger partial charge in [0.05, 0.1) is 6.10 Å². The highest BCUT2D eigenvalue weighted by Crippen LogP contribution is 2.25. The van der Waals surface area contributed by atoms with Crippen molar-refractivity contribution in [2.75, 3.05) is 0 Å². The number of likely N-dealkylation sites (tertiary alicyclic amines) is 1. The Morgan fingerprint density at radius 3 is 2.06 bits per heavy atom. The smallest absolute Gasteiger partial charge is 0.410 e. The van der Waals surface area contributed by atoms with E-state index in [0.29, 0.717) is 12.8 Å². The van der Waals surface area contributed by atoms with Gasteiger partial charge < -0.3 is 14.7 Å². The lowest BCUT2D eigenvalue weighted by atomic mass is 9.95. The maximum atomic E-state index is 12.0. The van der Waals surface area contributed by atoms with Crippen LogP contribution in [0, 0.1) is 0 Å². The highest BCUT2D eigenvalue weighted by atomic mass is 16.6. The Kier molecular flexibility index (Phi) is 3.84. The number of rotatable bonds is 0. The van der Waals surface area contributed by atoms with Gasteiger partial charge in [-0.15, -0.1) is 0 Å². The molecule has 4 nitrogen and oxygen atoms in total. The Hall–Kier alpha value is -0.770. The molecule has 3 atom stereocenters. The molecule has 2 unspecified atom stereocenters. The van der Waals surface area contributed by atoms with Gasteiger partial charge in [-0.3, -0.25) is 0 Å². The van der Waals surface area contributed by atoms with E-state index in [9.17, 15) is 9.90 Å². The summed E-state index contributed by atoms with van der Waals surface area (Å²) < 4.78 is 5.36. The molecule has 94 valence electrons. The molecular formula is C12H23NO3. The second-order valence-electron chi connectivity index (χ2n) is 5.71. The first-order chi connectivity index (χ1) is 7.20. The van der Waals surface area contributed by atoms with Crippen LogP contribution < -0.4 is 0 Å². The SMILES string of the molecule is CC1CC(O)C[C@@H](C)N1C(=O)OC(C)(C)C. The number of nitrogens with zero attached hydrogens (tertiary/aromatic N) is 1. The van der Waals surface area contributed by atoms with Gasteiger partial charge in [0.15, 0.2) is 0 Å². The summed E-state index contributed by atoms with van der Waals surface area (Å²) in [5.41, 5.74) is -0.466. The van der Waals surface area contributed by atoms with Crippen molar-refractivity contribution in [1.29, 1.82) is 0 Å². The summed E-state index contributed by atoms with van der Waals surface area (Å²) in [4.78, 5) is 13.7. The van der Waals surface area contributed by atoms with Gasteiger partial charge in [-0.1, -0.05) is 0 Å². The second kappa shape index (κ2) is 4.62. The quantitative estimate of drug-likeness (QED) is 0.692. The molecule has 16 heavy (non-hydrogen) atoms. The highest BCUT2D eigenvalue weighted by Gasteiger charge is 2.35. The zero-order chi connectivity index (χ0) is 12.5. The van der Waals surface area contributed by atoms with E-state index in [2.05, 4.69) is 0 Å². The predicted molar refractivity (Wildman–Crippen MR) is 62.2 cm³/mol. The average molecular weight is 229 g/mol. The van der Waals surface area contributed by atoms with Gasteiger partial charge in [0.2, 0.25) is 0 Å². The summed E-state index contributed by atoms with van der Waals surface area (Å²) in [5.74, 6) is 0. The molecule has 0 radical (unpaired) electrons. The third-order valence-corrected chi connectivity index (χ3v) is 2.78. The van der Waals surface area contributed by atoms with Gasteiger partial charge in [0.25, 0.3) is 0 Å². The number of carbonyl (C=O) groups is 1. The van der Waals surface area contributed by atoms with Crippen LogP contribution in [0.15, 0.2) is 0 Å². The lowest BCUT2D eigenvalue weighted by molar-refractivity contribution is -0.0223. The summed E-state index contributed by atoms with van der Waals surface area (Å²) in [6.07, 6.45) is 0.677. The van der Waals surface area contributed by atoms with Crippen molar-refractivity contribution in [2.24, 2.45) is 0 Å². The largest absolute Gasteiger partial charge is 0.444 e. The normalized spacial score (nSPS) is 31.4. The molecule has 0 saturated carbocycles. The number of hydrogen-bond acceptors (Lipinski definition) is 3. The molecule has 0 aliphatic carbocycles. The van der Waals surface area contributed by atoms with Crippen molar-refractivity contribution in [3.8, 4) is 0 Å². The minimum absolute atomic E-state index is 0.0357. The molecule has 1 aliphatic rings. The number of aliphatic hydroxyl groups excluding tert-OH is 1. The van der Waals surface area contributed by atoms with Crippen LogP contribution in [0.4, 0.5) is 4.79 Å². The summed E-state index contributed by atoms with van der Waals surface area (Å²) in [6, 6.07) is 0.0715. The van der Waals surface area contributed by atoms with E-state index in [0.717, 1.165) is 0 Å². The second-order valence-corrected chi connectivity index (χ2v) is 5.71. The van der Waals surface area contributed by atoms with Gasteiger partial charge in [0, 0.05) is 12.1 Å². The van der Waals surface area contributed by atoms with Crippen molar-refractivity contribution in [3.63, 3.8) is 0 Å². The van der Waals surface area contributed by atoms with Crippen LogP contribution in [0.5, 0.6) is 0 Å². The van der Waals surface area contributed by atoms with E-state index in [1.54, 1.807) is 4.90 Å². The van der Waals surface area contributed by atoms with Crippen molar-refractivity contribution in [1.82, 2.24) is 4.90 Å². The maximum absolute atomic E-state index is 12.0. The summed E-state index contributed by atoms with van der Waals surface area (Å²) in [6.45, 7) is 9.47. The molecular weight excluding hydrogens is 206 g/mol. The van der Waals surface area contributed by atoms with E-state index in [-0.39, 0.29) is 24.3 Å². The molecule has 1 fully saturated rings. The average Bonchev–Trinajstić information content (AvgIpc) is 1.96. The van der Waals surface area contributed by atoms with Gasteiger partial charge >= 0.3 is 6.09 Å². The zero-order valence-electron chi connectivity index (χ0n) is 10.9. The highest BCUT2D eigenvalue weighted by molar-refractivity contribution is 5.69. The van der Waals surface area contributed by atoms with Crippen LogP contribution in [0.3, 0.4) is 0 Å². The third kappa shape index (κ3) is 3.37. The zero-order valence-corrected chi connectivity index (χ0v) is 10.9. The molecule has 1 aliphatic heterocycles. The molecule has 0 aromatic rings. The van der Waals surface area contributed by atoms with Gasteiger partial charge in [-0.2, -0.15) is 0 Å². The molecule has 1 heterocycles. The number of hydrogen-bond donors (Lipinski definition) is 1. The lowest BCUT2D eigenvalue weighted by Crippen LogP contribution is -2.52. The molecule has 1 rings (SSSR count). The van der Waals surface area contributed by atoms with Crippen LogP contribution in [-0.2, 0) is 4.74 Å². The maximum Gasteiger partial charge on any atom is 0.410 e. The molecule has 1 saturated heterocycles. The van der Waals surface area contributed by atoms with Crippen molar-refractivity contribution < 1.29 is 14.6 Å². The third-order valence-electron chi connectivity index (χ3n) is 2.78. The Labute approximate surface area is 97.6 Å². The number of amides is 1. The van der Waals surface area contributed by atoms with Crippen molar-refractivity contribution >= 4 is 6.09 Å². The van der Waals surface area contributed by atoms with Crippen LogP contribution in [0.2, 0.25) is 0 Å². The number of ether oxygens (including phenoxy) is 1. The predicted octanol–water partition coefficient (Wildman–Crippen LogP) is 2.16. The van der Waals surface area contributed by atoms with Crippen molar-refractivity contribution in [2.45, 2.75) is 71.2 Å². The number of aliphatic hydroxyl groups is 1. The Morgan fingerprint density at radius 2 is 1.69 bits per heavy atom. The fraction of sp³-hybridized carbons (Fsp3) is 0.917. The first-order valence-corrected chi connectivity index (χ1v) is 5.90. The topological polar surface area (TPSA) is 49.8 Å². The molecule has 1 N–H and O–H groups in total. The standard InChI is InChI=1S/C12H23NO3/c1-8-6-10(14)7-9(2)13(8)11(15)16-12(3,4)5/h8-10,14H,6-7H2,1-5H3/t8-,9?,10?/m1/s1. The minimum Gasteiger partial charge on any atom is -0.444 e. The fourth-order valence-electron chi connectivity index (χ4n) is 2.22. The Bertz CT molecular complexity index is 247. The van der Waals surface area contributed by atoms with E-state index < -0.39 is 5.60 Å². The van der Waals surface area contributed by atoms with Gasteiger partial charge in [0.1, 0.15) is 5.60 Å². The van der Waals surface area contributed by atoms with Crippen LogP contribution in [0.1, 0.15) is 47.5 Å². The Morgan fingerprint density at radius 1 is 1.25 bits per heavy atom. The van der Waals surface area contributed by atoms with E-state index in [1.807, 2.05) is 34.6 Å². The van der Waals surface area contributed by atoms with Gasteiger partial charge in [-0.05, 0) is 47.5 Å². The van der Waals surface area contributed by atoms with E-state index in [1.165, 1.54) is 0 Å². The minimum atomic E-state index is -0.466. The van der Waals surface area contributed by atoms with Gasteiger partial charge in [-0.25, -0.2) is 4.79 Å². The summed E-state index contributed by atoms with van der Waals surface area (Å²) in [7, 11) is 0. The first kappa shape index (κ1) is 13.3. The monoisotopic (exact) mass is 229 g/mol. The lowest BCUT2D eigenvalue weighted by Gasteiger charge is -2.41. The molecule has 0 aromatic carbocycles. The molecule has 1 amide bonds. The summed E-state index contributed by atoms with van der Waals surface area (Å²) >= 11 is 0. The van der Waals surface area contributed by atoms with Crippen LogP contribution >= 0.6 is 0 Å². The number of piperidine rings is 1. The molecule has 4 heteroatoms. The summed E-state index contributed by atoms with van der Waals surface area (Å²) in [5, 5.41) is 9.60. The van der Waals surface area contributed by atoms with Crippen LogP contribution in [0.25, 0.3) is 0 Å². The van der Waals surface area contributed by atoms with E-state index >= 15 is 0 Å². The van der Waals surface area contributed by atoms with Crippen LogP contribution in [-0.4, -0.2) is 39.9 Å². The molecule has 0 bridgehead atoms. The van der Waals surface area contributed by atoms with E-state index in [4.69, 9.17) is 4.74 Å². The molecule has 0 spiro atoms.